The molecule has 1 rings (SSSR count). The van der Waals surface area contributed by atoms with Crippen LogP contribution in [0.4, 0.5) is 0 Å². The summed E-state index contributed by atoms with van der Waals surface area (Å²) in [5.74, 6) is 1.22. The lowest BCUT2D eigenvalue weighted by Gasteiger charge is -2.15. The molecule has 1 aromatic rings. The summed E-state index contributed by atoms with van der Waals surface area (Å²) >= 11 is 6.14. The van der Waals surface area contributed by atoms with E-state index >= 15 is 0 Å². The van der Waals surface area contributed by atoms with E-state index in [1.807, 2.05) is 6.07 Å². The molecule has 1 atom stereocenters. The molecule has 0 bridgehead atoms. The Morgan fingerprint density at radius 2 is 1.88 bits per heavy atom. The normalized spacial score (nSPS) is 12.3. The van der Waals surface area contributed by atoms with Crippen molar-refractivity contribution in [3.05, 3.63) is 22.7 Å². The zero-order valence-corrected chi connectivity index (χ0v) is 10.8. The SMILES string of the molecule is COc1cc(Cl)c(CC(CN)CO)cc1OC. The lowest BCUT2D eigenvalue weighted by atomic mass is 10.00. The van der Waals surface area contributed by atoms with Gasteiger partial charge in [0.05, 0.1) is 14.2 Å². The van der Waals surface area contributed by atoms with Gasteiger partial charge in [-0.05, 0) is 30.5 Å². The van der Waals surface area contributed by atoms with Gasteiger partial charge in [-0.15, -0.1) is 0 Å². The van der Waals surface area contributed by atoms with Crippen molar-refractivity contribution in [3.63, 3.8) is 0 Å². The van der Waals surface area contributed by atoms with Gasteiger partial charge in [0.2, 0.25) is 0 Å². The minimum absolute atomic E-state index is 0.00519. The molecule has 0 saturated carbocycles. The van der Waals surface area contributed by atoms with Gasteiger partial charge in [-0.3, -0.25) is 0 Å². The molecule has 1 aromatic carbocycles. The molecule has 0 aliphatic rings. The third-order valence-electron chi connectivity index (χ3n) is 2.65. The Labute approximate surface area is 106 Å². The van der Waals surface area contributed by atoms with Crippen LogP contribution in [0, 0.1) is 5.92 Å². The van der Waals surface area contributed by atoms with Gasteiger partial charge in [0.1, 0.15) is 0 Å². The standard InChI is InChI=1S/C12H18ClNO3/c1-16-11-4-9(3-8(6-14)7-15)10(13)5-12(11)17-2/h4-5,8,15H,3,6-7,14H2,1-2H3. The Hall–Kier alpha value is -0.970. The number of aliphatic hydroxyl groups excluding tert-OH is 1. The van der Waals surface area contributed by atoms with Crippen LogP contribution in [0.15, 0.2) is 12.1 Å². The molecule has 3 N–H and O–H groups in total. The number of hydrogen-bond donors (Lipinski definition) is 2. The van der Waals surface area contributed by atoms with E-state index in [2.05, 4.69) is 0 Å². The fraction of sp³-hybridized carbons (Fsp3) is 0.500. The van der Waals surface area contributed by atoms with E-state index in [0.717, 1.165) is 5.56 Å². The third-order valence-corrected chi connectivity index (χ3v) is 3.00. The molecule has 0 saturated heterocycles. The molecule has 0 radical (unpaired) electrons. The maximum atomic E-state index is 9.13. The fourth-order valence-electron chi connectivity index (χ4n) is 1.59. The number of halogens is 1. The second-order valence-electron chi connectivity index (χ2n) is 3.79. The van der Waals surface area contributed by atoms with Crippen LogP contribution >= 0.6 is 11.6 Å². The van der Waals surface area contributed by atoms with E-state index in [4.69, 9.17) is 31.9 Å². The molecule has 96 valence electrons. The number of nitrogens with two attached hydrogens (primary N) is 1. The van der Waals surface area contributed by atoms with Crippen LogP contribution in [0.1, 0.15) is 5.56 Å². The Bertz CT molecular complexity index is 367. The molecule has 5 heteroatoms. The first-order valence-electron chi connectivity index (χ1n) is 5.37. The predicted octanol–water partition coefficient (Wildman–Crippen LogP) is 1.47. The molecular weight excluding hydrogens is 242 g/mol. The highest BCUT2D eigenvalue weighted by Crippen LogP contribution is 2.33. The fourth-order valence-corrected chi connectivity index (χ4v) is 1.82. The lowest BCUT2D eigenvalue weighted by molar-refractivity contribution is 0.229. The summed E-state index contributed by atoms with van der Waals surface area (Å²) in [4.78, 5) is 0. The average molecular weight is 260 g/mol. The first-order chi connectivity index (χ1) is 8.15. The van der Waals surface area contributed by atoms with E-state index in [1.165, 1.54) is 0 Å². The van der Waals surface area contributed by atoms with Crippen molar-refractivity contribution in [2.24, 2.45) is 11.7 Å². The zero-order valence-electron chi connectivity index (χ0n) is 10.1. The number of benzene rings is 1. The highest BCUT2D eigenvalue weighted by atomic mass is 35.5. The molecule has 1 unspecified atom stereocenters. The van der Waals surface area contributed by atoms with E-state index in [1.54, 1.807) is 20.3 Å². The summed E-state index contributed by atoms with van der Waals surface area (Å²) < 4.78 is 10.3. The summed E-state index contributed by atoms with van der Waals surface area (Å²) in [6, 6.07) is 3.53. The number of hydrogen-bond acceptors (Lipinski definition) is 4. The van der Waals surface area contributed by atoms with Gasteiger partial charge in [0, 0.05) is 17.7 Å². The van der Waals surface area contributed by atoms with Crippen LogP contribution in [0.3, 0.4) is 0 Å². The molecule has 17 heavy (non-hydrogen) atoms. The van der Waals surface area contributed by atoms with Crippen molar-refractivity contribution in [1.29, 1.82) is 0 Å². The topological polar surface area (TPSA) is 64.7 Å². The van der Waals surface area contributed by atoms with E-state index < -0.39 is 0 Å². The van der Waals surface area contributed by atoms with Crippen molar-refractivity contribution >= 4 is 11.6 Å². The van der Waals surface area contributed by atoms with Gasteiger partial charge in [0.15, 0.2) is 11.5 Å². The number of methoxy groups -OCH3 is 2. The van der Waals surface area contributed by atoms with Crippen molar-refractivity contribution in [2.75, 3.05) is 27.4 Å². The molecule has 0 aliphatic heterocycles. The predicted molar refractivity (Wildman–Crippen MR) is 67.9 cm³/mol. The smallest absolute Gasteiger partial charge is 0.162 e. The Balaban J connectivity index is 2.99. The molecule has 0 fully saturated rings. The maximum absolute atomic E-state index is 9.13. The number of aliphatic hydroxyl groups is 1. The summed E-state index contributed by atoms with van der Waals surface area (Å²) in [7, 11) is 3.13. The first kappa shape index (κ1) is 14.1. The Morgan fingerprint density at radius 1 is 1.29 bits per heavy atom. The van der Waals surface area contributed by atoms with Gasteiger partial charge in [-0.2, -0.15) is 0 Å². The summed E-state index contributed by atoms with van der Waals surface area (Å²) in [6.45, 7) is 0.461. The highest BCUT2D eigenvalue weighted by molar-refractivity contribution is 6.31. The quantitative estimate of drug-likeness (QED) is 0.812. The minimum Gasteiger partial charge on any atom is -0.493 e. The Kier molecular flexibility index (Phi) is 5.55. The zero-order chi connectivity index (χ0) is 12.8. The summed E-state index contributed by atoms with van der Waals surface area (Å²) in [5.41, 5.74) is 6.45. The van der Waals surface area contributed by atoms with Crippen molar-refractivity contribution in [2.45, 2.75) is 6.42 Å². The third kappa shape index (κ3) is 3.49. The van der Waals surface area contributed by atoms with E-state index in [-0.39, 0.29) is 12.5 Å². The van der Waals surface area contributed by atoms with E-state index in [0.29, 0.717) is 29.5 Å². The molecule has 0 heterocycles. The molecule has 0 amide bonds. The maximum Gasteiger partial charge on any atom is 0.162 e. The van der Waals surface area contributed by atoms with Crippen molar-refractivity contribution < 1.29 is 14.6 Å². The summed E-state index contributed by atoms with van der Waals surface area (Å²) in [6.07, 6.45) is 0.617. The van der Waals surface area contributed by atoms with Gasteiger partial charge in [-0.1, -0.05) is 11.6 Å². The number of rotatable bonds is 6. The van der Waals surface area contributed by atoms with Crippen LogP contribution in [0.25, 0.3) is 0 Å². The van der Waals surface area contributed by atoms with Crippen LogP contribution < -0.4 is 15.2 Å². The number of ether oxygens (including phenoxy) is 2. The van der Waals surface area contributed by atoms with Crippen LogP contribution in [0.2, 0.25) is 5.02 Å². The first-order valence-corrected chi connectivity index (χ1v) is 5.75. The van der Waals surface area contributed by atoms with E-state index in [9.17, 15) is 0 Å². The van der Waals surface area contributed by atoms with Crippen LogP contribution in [-0.4, -0.2) is 32.5 Å². The summed E-state index contributed by atoms with van der Waals surface area (Å²) in [5, 5.41) is 9.72. The lowest BCUT2D eigenvalue weighted by Crippen LogP contribution is -2.20. The van der Waals surface area contributed by atoms with Crippen molar-refractivity contribution in [3.8, 4) is 11.5 Å². The van der Waals surface area contributed by atoms with Gasteiger partial charge < -0.3 is 20.3 Å². The molecule has 0 spiro atoms. The van der Waals surface area contributed by atoms with Gasteiger partial charge in [0.25, 0.3) is 0 Å². The average Bonchev–Trinajstić information content (AvgIpc) is 2.36. The second-order valence-corrected chi connectivity index (χ2v) is 4.19. The molecular formula is C12H18ClNO3. The second kappa shape index (κ2) is 6.69. The van der Waals surface area contributed by atoms with Crippen LogP contribution in [-0.2, 0) is 6.42 Å². The largest absolute Gasteiger partial charge is 0.493 e. The molecule has 0 aliphatic carbocycles. The molecule has 0 aromatic heterocycles. The highest BCUT2D eigenvalue weighted by Gasteiger charge is 2.13. The minimum atomic E-state index is 0.00519. The molecule has 4 nitrogen and oxygen atoms in total. The monoisotopic (exact) mass is 259 g/mol. The van der Waals surface area contributed by atoms with Gasteiger partial charge >= 0.3 is 0 Å². The van der Waals surface area contributed by atoms with Crippen molar-refractivity contribution in [1.82, 2.24) is 0 Å². The van der Waals surface area contributed by atoms with Gasteiger partial charge in [-0.25, -0.2) is 0 Å². The Morgan fingerprint density at radius 3 is 2.35 bits per heavy atom. The van der Waals surface area contributed by atoms with Crippen LogP contribution in [0.5, 0.6) is 11.5 Å².